The predicted octanol–water partition coefficient (Wildman–Crippen LogP) is 2.96. The Balaban J connectivity index is 0.000000374. The van der Waals surface area contributed by atoms with Crippen molar-refractivity contribution in [3.63, 3.8) is 0 Å². The standard InChI is InChI=1S/C22H24N8O.C2HF3O2/c1-13-5-20(28-21(26-13)15-7-25-30(11-15)16-8-23-9-16)29-12-22(3-4-22)17-10-24-19(6-18(17)29)27-14(2)31;3-2(4,5)1(6)7/h5-7,10-11,16,23H,3-4,8-9,12H2,1-2H3,(H,24,27,31);(H,6,7). The van der Waals surface area contributed by atoms with Gasteiger partial charge in [-0.25, -0.2) is 19.7 Å². The van der Waals surface area contributed by atoms with Crippen LogP contribution in [0.1, 0.15) is 37.1 Å². The lowest BCUT2D eigenvalue weighted by Crippen LogP contribution is -2.43. The van der Waals surface area contributed by atoms with Crippen molar-refractivity contribution >= 4 is 29.2 Å². The number of fused-ring (bicyclic) bond motifs is 2. The van der Waals surface area contributed by atoms with Crippen LogP contribution in [0.5, 0.6) is 0 Å². The molecule has 5 heterocycles. The number of nitrogens with one attached hydrogen (secondary N) is 2. The van der Waals surface area contributed by atoms with Gasteiger partial charge in [0.2, 0.25) is 5.91 Å². The van der Waals surface area contributed by atoms with Crippen LogP contribution in [0.15, 0.2) is 30.7 Å². The lowest BCUT2D eigenvalue weighted by molar-refractivity contribution is -0.192. The lowest BCUT2D eigenvalue weighted by atomic mass is 10.0. The van der Waals surface area contributed by atoms with E-state index in [9.17, 15) is 18.0 Å². The van der Waals surface area contributed by atoms with Crippen LogP contribution in [0.25, 0.3) is 11.4 Å². The van der Waals surface area contributed by atoms with Gasteiger partial charge in [0.1, 0.15) is 11.6 Å². The number of carboxylic acid groups (broad SMARTS) is 1. The molecule has 3 aliphatic rings. The van der Waals surface area contributed by atoms with Crippen molar-refractivity contribution in [3.05, 3.63) is 42.0 Å². The van der Waals surface area contributed by atoms with Crippen molar-refractivity contribution in [3.8, 4) is 11.4 Å². The summed E-state index contributed by atoms with van der Waals surface area (Å²) < 4.78 is 33.7. The fraction of sp³-hybridized carbons (Fsp3) is 0.417. The number of aromatic nitrogens is 5. The second-order valence-electron chi connectivity index (χ2n) is 9.65. The minimum atomic E-state index is -5.08. The third-order valence-electron chi connectivity index (χ3n) is 6.72. The highest BCUT2D eigenvalue weighted by molar-refractivity contribution is 5.89. The number of aliphatic carboxylic acids is 1. The molecule has 1 amide bonds. The topological polar surface area (TPSA) is 138 Å². The molecule has 3 aromatic rings. The molecule has 0 atom stereocenters. The van der Waals surface area contributed by atoms with E-state index in [2.05, 4.69) is 30.6 Å². The Morgan fingerprint density at radius 2 is 1.89 bits per heavy atom. The number of halogens is 3. The maximum absolute atomic E-state index is 11.5. The van der Waals surface area contributed by atoms with E-state index in [1.54, 1.807) is 0 Å². The number of pyridine rings is 1. The first-order valence-corrected chi connectivity index (χ1v) is 11.9. The van der Waals surface area contributed by atoms with Crippen molar-refractivity contribution in [2.75, 3.05) is 29.9 Å². The van der Waals surface area contributed by atoms with Crippen LogP contribution in [0.4, 0.5) is 30.5 Å². The number of hydrogen-bond acceptors (Lipinski definition) is 8. The van der Waals surface area contributed by atoms with Gasteiger partial charge in [0.25, 0.3) is 0 Å². The highest BCUT2D eigenvalue weighted by Gasteiger charge is 2.52. The molecule has 2 fully saturated rings. The number of carbonyl (C=O) groups excluding carboxylic acids is 1. The second kappa shape index (κ2) is 9.35. The summed E-state index contributed by atoms with van der Waals surface area (Å²) in [6.45, 7) is 6.25. The van der Waals surface area contributed by atoms with Crippen LogP contribution in [-0.2, 0) is 15.0 Å². The molecular formula is C24H25F3N8O3. The van der Waals surface area contributed by atoms with Gasteiger partial charge < -0.3 is 20.6 Å². The van der Waals surface area contributed by atoms with Gasteiger partial charge in [0.15, 0.2) is 5.82 Å². The van der Waals surface area contributed by atoms with Crippen molar-refractivity contribution < 1.29 is 27.9 Å². The Hall–Kier alpha value is -4.07. The number of aryl methyl sites for hydroxylation is 1. The zero-order valence-corrected chi connectivity index (χ0v) is 20.6. The van der Waals surface area contributed by atoms with Gasteiger partial charge in [-0.05, 0) is 19.8 Å². The van der Waals surface area contributed by atoms with Crippen LogP contribution in [0.2, 0.25) is 0 Å². The van der Waals surface area contributed by atoms with Crippen LogP contribution >= 0.6 is 0 Å². The Morgan fingerprint density at radius 3 is 2.47 bits per heavy atom. The van der Waals surface area contributed by atoms with Gasteiger partial charge in [-0.15, -0.1) is 0 Å². The molecule has 14 heteroatoms. The number of amides is 1. The normalized spacial score (nSPS) is 17.3. The number of anilines is 3. The van der Waals surface area contributed by atoms with E-state index in [1.165, 1.54) is 12.5 Å². The molecule has 1 saturated heterocycles. The van der Waals surface area contributed by atoms with Crippen LogP contribution in [0.3, 0.4) is 0 Å². The van der Waals surface area contributed by atoms with Gasteiger partial charge in [0.05, 0.1) is 23.5 Å². The zero-order chi connectivity index (χ0) is 27.2. The number of rotatable bonds is 4. The molecule has 3 aromatic heterocycles. The summed E-state index contributed by atoms with van der Waals surface area (Å²) in [5, 5.41) is 17.7. The molecule has 0 bridgehead atoms. The van der Waals surface area contributed by atoms with Crippen LogP contribution < -0.4 is 15.5 Å². The smallest absolute Gasteiger partial charge is 0.475 e. The van der Waals surface area contributed by atoms with E-state index in [0.29, 0.717) is 17.7 Å². The third kappa shape index (κ3) is 5.03. The maximum atomic E-state index is 11.5. The van der Waals surface area contributed by atoms with Gasteiger partial charge in [-0.1, -0.05) is 0 Å². The average molecular weight is 531 g/mol. The van der Waals surface area contributed by atoms with E-state index >= 15 is 0 Å². The summed E-state index contributed by atoms with van der Waals surface area (Å²) >= 11 is 0. The molecule has 11 nitrogen and oxygen atoms in total. The van der Waals surface area contributed by atoms with Crippen LogP contribution in [0, 0.1) is 6.92 Å². The number of nitrogens with zero attached hydrogens (tertiary/aromatic N) is 6. The van der Waals surface area contributed by atoms with E-state index in [-0.39, 0.29) is 11.3 Å². The van der Waals surface area contributed by atoms with Gasteiger partial charge in [-0.3, -0.25) is 9.48 Å². The van der Waals surface area contributed by atoms with Gasteiger partial charge in [-0.2, -0.15) is 18.3 Å². The summed E-state index contributed by atoms with van der Waals surface area (Å²) in [6.07, 6.45) is 3.01. The lowest BCUT2D eigenvalue weighted by Gasteiger charge is -2.27. The molecular weight excluding hydrogens is 505 g/mol. The molecule has 38 heavy (non-hydrogen) atoms. The molecule has 1 saturated carbocycles. The molecule has 1 spiro atoms. The minimum Gasteiger partial charge on any atom is -0.475 e. The van der Waals surface area contributed by atoms with Crippen LogP contribution in [-0.4, -0.2) is 67.5 Å². The molecule has 0 unspecified atom stereocenters. The largest absolute Gasteiger partial charge is 0.490 e. The Kier molecular flexibility index (Phi) is 6.29. The molecule has 0 aromatic carbocycles. The van der Waals surface area contributed by atoms with Gasteiger partial charge >= 0.3 is 12.1 Å². The minimum absolute atomic E-state index is 0.128. The van der Waals surface area contributed by atoms with E-state index in [0.717, 1.165) is 55.2 Å². The fourth-order valence-corrected chi connectivity index (χ4v) is 4.51. The highest BCUT2D eigenvalue weighted by Crippen LogP contribution is 2.58. The summed E-state index contributed by atoms with van der Waals surface area (Å²) in [5.74, 6) is -0.770. The summed E-state index contributed by atoms with van der Waals surface area (Å²) in [7, 11) is 0. The SMILES string of the molecule is CC(=O)Nc1cc2c(cn1)C1(CC1)CN2c1cc(C)nc(-c2cnn(C3CNC3)c2)n1.O=C(O)C(F)(F)F. The molecule has 1 aliphatic carbocycles. The molecule has 6 rings (SSSR count). The first-order valence-electron chi connectivity index (χ1n) is 11.9. The maximum Gasteiger partial charge on any atom is 0.490 e. The Labute approximate surface area is 215 Å². The third-order valence-corrected chi connectivity index (χ3v) is 6.72. The first-order chi connectivity index (χ1) is 17.9. The zero-order valence-electron chi connectivity index (χ0n) is 20.6. The second-order valence-corrected chi connectivity index (χ2v) is 9.65. The molecule has 2 aliphatic heterocycles. The molecule has 3 N–H and O–H groups in total. The Bertz CT molecular complexity index is 1400. The monoisotopic (exact) mass is 530 g/mol. The van der Waals surface area contributed by atoms with Crippen molar-refractivity contribution in [1.82, 2.24) is 30.0 Å². The summed E-state index contributed by atoms with van der Waals surface area (Å²) in [5.41, 5.74) is 4.29. The van der Waals surface area contributed by atoms with E-state index in [4.69, 9.17) is 14.9 Å². The first kappa shape index (κ1) is 25.6. The number of carboxylic acids is 1. The highest BCUT2D eigenvalue weighted by atomic mass is 19.4. The Morgan fingerprint density at radius 1 is 1.18 bits per heavy atom. The number of hydrogen-bond donors (Lipinski definition) is 3. The quantitative estimate of drug-likeness (QED) is 0.465. The summed E-state index contributed by atoms with van der Waals surface area (Å²) in [6, 6.07) is 4.38. The number of alkyl halides is 3. The predicted molar refractivity (Wildman–Crippen MR) is 130 cm³/mol. The van der Waals surface area contributed by atoms with Crippen molar-refractivity contribution in [1.29, 1.82) is 0 Å². The fourth-order valence-electron chi connectivity index (χ4n) is 4.51. The average Bonchev–Trinajstić information content (AvgIpc) is 3.29. The van der Waals surface area contributed by atoms with E-state index < -0.39 is 12.1 Å². The van der Waals surface area contributed by atoms with Gasteiger partial charge in [0, 0.05) is 67.8 Å². The molecule has 0 radical (unpaired) electrons. The van der Waals surface area contributed by atoms with Crippen molar-refractivity contribution in [2.24, 2.45) is 0 Å². The van der Waals surface area contributed by atoms with Crippen molar-refractivity contribution in [2.45, 2.75) is 44.3 Å². The number of carbonyl (C=O) groups is 2. The molecule has 200 valence electrons. The summed E-state index contributed by atoms with van der Waals surface area (Å²) in [4.78, 5) is 36.7. The van der Waals surface area contributed by atoms with E-state index in [1.807, 2.05) is 42.3 Å².